The predicted octanol–water partition coefficient (Wildman–Crippen LogP) is 5.74. The Morgan fingerprint density at radius 1 is 0.913 bits per heavy atom. The number of methoxy groups -OCH3 is 2. The van der Waals surface area contributed by atoms with Gasteiger partial charge in [-0.15, -0.1) is 0 Å². The zero-order chi connectivity index (χ0) is 33.4. The number of rotatable bonds is 17. The van der Waals surface area contributed by atoms with Crippen LogP contribution < -0.4 is 24.7 Å². The van der Waals surface area contributed by atoms with Crippen LogP contribution >= 0.6 is 0 Å². The van der Waals surface area contributed by atoms with Crippen LogP contribution in [0.25, 0.3) is 0 Å². The van der Waals surface area contributed by atoms with E-state index in [0.29, 0.717) is 84.8 Å². The normalized spacial score (nSPS) is 16.2. The highest BCUT2D eigenvalue weighted by atomic mass is 28.3. The van der Waals surface area contributed by atoms with E-state index in [2.05, 4.69) is 26.2 Å². The van der Waals surface area contributed by atoms with Crippen molar-refractivity contribution in [1.29, 1.82) is 0 Å². The van der Waals surface area contributed by atoms with Crippen LogP contribution in [-0.2, 0) is 16.0 Å². The summed E-state index contributed by atoms with van der Waals surface area (Å²) in [5.74, 6) is 1.66. The van der Waals surface area contributed by atoms with Crippen LogP contribution in [0.5, 0.6) is 23.0 Å². The van der Waals surface area contributed by atoms with Gasteiger partial charge >= 0.3 is 0 Å². The van der Waals surface area contributed by atoms with Crippen molar-refractivity contribution in [3.63, 3.8) is 0 Å². The highest BCUT2D eigenvalue weighted by Crippen LogP contribution is 2.37. The van der Waals surface area contributed by atoms with Crippen LogP contribution in [0.3, 0.4) is 0 Å². The second-order valence-corrected chi connectivity index (χ2v) is 18.8. The molecule has 1 fully saturated rings. The predicted molar refractivity (Wildman–Crippen MR) is 180 cm³/mol. The van der Waals surface area contributed by atoms with Crippen molar-refractivity contribution in [2.45, 2.75) is 70.3 Å². The van der Waals surface area contributed by atoms with E-state index in [0.717, 1.165) is 30.9 Å². The summed E-state index contributed by atoms with van der Waals surface area (Å²) in [6, 6.07) is 7.33. The van der Waals surface area contributed by atoms with Crippen molar-refractivity contribution in [2.24, 2.45) is 0 Å². The first-order chi connectivity index (χ1) is 21.9. The molecule has 0 aromatic heterocycles. The van der Waals surface area contributed by atoms with Crippen molar-refractivity contribution in [3.05, 3.63) is 53.1 Å². The van der Waals surface area contributed by atoms with Crippen molar-refractivity contribution in [1.82, 2.24) is 4.90 Å². The number of fused-ring (bicyclic) bond motifs is 2. The van der Waals surface area contributed by atoms with Gasteiger partial charge in [-0.25, -0.2) is 0 Å². The van der Waals surface area contributed by atoms with Crippen LogP contribution in [0, 0.1) is 0 Å². The number of ether oxygens (including phenoxy) is 5. The van der Waals surface area contributed by atoms with E-state index >= 15 is 0 Å². The van der Waals surface area contributed by atoms with Crippen LogP contribution in [0.4, 0.5) is 5.69 Å². The average molecular weight is 653 g/mol. The molecule has 2 heterocycles. The summed E-state index contributed by atoms with van der Waals surface area (Å²) in [7, 11) is 1.90. The van der Waals surface area contributed by atoms with E-state index in [1.165, 1.54) is 14.2 Å². The van der Waals surface area contributed by atoms with Gasteiger partial charge in [-0.1, -0.05) is 31.8 Å². The molecule has 250 valence electrons. The molecule has 2 N–H and O–H groups in total. The fraction of sp³-hybridized carbons (Fsp3) is 0.514. The molecule has 10 nitrogen and oxygen atoms in total. The fourth-order valence-corrected chi connectivity index (χ4v) is 6.35. The minimum absolute atomic E-state index is 0.0132. The molecule has 2 aliphatic heterocycles. The fourth-order valence-electron chi connectivity index (χ4n) is 5.59. The molecule has 0 unspecified atom stereocenters. The van der Waals surface area contributed by atoms with Crippen LogP contribution in [0.2, 0.25) is 25.7 Å². The summed E-state index contributed by atoms with van der Waals surface area (Å²) < 4.78 is 28.7. The molecule has 0 saturated carbocycles. The third kappa shape index (κ3) is 8.91. The molecule has 0 radical (unpaired) electrons. The van der Waals surface area contributed by atoms with Gasteiger partial charge in [0.1, 0.15) is 0 Å². The number of hydrogen-bond acceptors (Lipinski definition) is 9. The van der Waals surface area contributed by atoms with Gasteiger partial charge in [0.15, 0.2) is 34.6 Å². The third-order valence-corrected chi connectivity index (χ3v) is 9.98. The van der Waals surface area contributed by atoms with Gasteiger partial charge in [0.05, 0.1) is 40.1 Å². The smallest absolute Gasteiger partial charge is 0.255 e. The van der Waals surface area contributed by atoms with Crippen molar-refractivity contribution < 1.29 is 38.1 Å². The highest BCUT2D eigenvalue weighted by Gasteiger charge is 2.40. The molecule has 2 aromatic rings. The number of benzene rings is 2. The number of amides is 1. The summed E-state index contributed by atoms with van der Waals surface area (Å²) in [6.45, 7) is 13.1. The lowest BCUT2D eigenvalue weighted by molar-refractivity contribution is -0.121. The Morgan fingerprint density at radius 3 is 2.22 bits per heavy atom. The van der Waals surface area contributed by atoms with Crippen molar-refractivity contribution in [2.75, 3.05) is 52.9 Å². The molecule has 2 aliphatic rings. The number of nitrogens with two attached hydrogens (primary N) is 1. The Morgan fingerprint density at radius 2 is 1.57 bits per heavy atom. The Hall–Kier alpha value is -3.83. The van der Waals surface area contributed by atoms with Crippen molar-refractivity contribution >= 4 is 31.2 Å². The number of hydrogen-bond donors (Lipinski definition) is 1. The Bertz CT molecular complexity index is 1450. The van der Waals surface area contributed by atoms with Crippen LogP contribution in [0.15, 0.2) is 36.4 Å². The number of carbonyl (C=O) groups excluding carboxylic acids is 3. The summed E-state index contributed by atoms with van der Waals surface area (Å²) in [5.41, 5.74) is 9.00. The van der Waals surface area contributed by atoms with Gasteiger partial charge in [0, 0.05) is 56.9 Å². The van der Waals surface area contributed by atoms with Crippen LogP contribution in [0.1, 0.15) is 58.4 Å². The summed E-state index contributed by atoms with van der Waals surface area (Å²) in [4.78, 5) is 40.5. The Labute approximate surface area is 273 Å². The molecule has 1 atom stereocenters. The van der Waals surface area contributed by atoms with Gasteiger partial charge < -0.3 is 34.3 Å². The maximum Gasteiger partial charge on any atom is 0.255 e. The number of unbranched alkanes of at least 4 members (excludes halogenated alkanes) is 2. The van der Waals surface area contributed by atoms with E-state index in [1.807, 2.05) is 0 Å². The lowest BCUT2D eigenvalue weighted by atomic mass is 9.99. The molecule has 4 rings (SSSR count). The molecule has 0 aliphatic carbocycles. The third-order valence-electron chi connectivity index (χ3n) is 8.28. The molecule has 46 heavy (non-hydrogen) atoms. The minimum atomic E-state index is -1.17. The van der Waals surface area contributed by atoms with Gasteiger partial charge in [0.2, 0.25) is 0 Å². The number of Topliss-reactive ketones (excluding diaryl/α,β-unsaturated/α-hetero) is 2. The van der Waals surface area contributed by atoms with E-state index in [4.69, 9.17) is 29.4 Å². The molecule has 0 bridgehead atoms. The average Bonchev–Trinajstić information content (AvgIpc) is 3.37. The monoisotopic (exact) mass is 652 g/mol. The van der Waals surface area contributed by atoms with Crippen molar-refractivity contribution in [3.8, 4) is 23.0 Å². The quantitative estimate of drug-likeness (QED) is 0.0749. The summed E-state index contributed by atoms with van der Waals surface area (Å²) in [6.07, 6.45) is 3.29. The lowest BCUT2D eigenvalue weighted by Gasteiger charge is -2.20. The molecule has 1 amide bonds. The number of anilines is 1. The number of nitrogen functional groups attached to an aromatic ring is 1. The molecular weight excluding hydrogens is 604 g/mol. The standard InChI is InChI=1S/C35H48N2O8Si/c1-23-16-28-30(39)17-24-18-33(31(41-2)19-25(24)35(40)37(28)22-23)44-11-8-7-9-12-45-34-21-27(36)26(20-32(34)42-3)29(38)10-13-43-14-15-46(4,5)6/h18-21,28H,1,7-17,22,36H2,2-6H3/t28-/m0/s1. The van der Waals surface area contributed by atoms with E-state index in [9.17, 15) is 14.4 Å². The van der Waals surface area contributed by atoms with Gasteiger partial charge in [-0.3, -0.25) is 14.4 Å². The van der Waals surface area contributed by atoms with Gasteiger partial charge in [0.25, 0.3) is 5.91 Å². The SMILES string of the molecule is C=C1C[C@H]2C(=O)Cc3cc(OCCCCCOc4cc(N)c(C(=O)CCOCC[Si](C)(C)C)cc4OC)c(OC)cc3C(=O)N2C1. The molecule has 1 saturated heterocycles. The second kappa shape index (κ2) is 15.6. The largest absolute Gasteiger partial charge is 0.493 e. The summed E-state index contributed by atoms with van der Waals surface area (Å²) in [5, 5.41) is 0. The maximum atomic E-state index is 13.2. The van der Waals surface area contributed by atoms with E-state index in [-0.39, 0.29) is 30.3 Å². The number of ketones is 2. The molecule has 11 heteroatoms. The molecule has 2 aromatic carbocycles. The van der Waals surface area contributed by atoms with Gasteiger partial charge in [-0.05, 0) is 55.5 Å². The first-order valence-corrected chi connectivity index (χ1v) is 19.7. The first kappa shape index (κ1) is 35.0. The van der Waals surface area contributed by atoms with E-state index in [1.54, 1.807) is 29.2 Å². The highest BCUT2D eigenvalue weighted by molar-refractivity contribution is 6.76. The zero-order valence-electron chi connectivity index (χ0n) is 27.9. The Balaban J connectivity index is 1.23. The number of nitrogens with zero attached hydrogens (tertiary/aromatic N) is 1. The minimum Gasteiger partial charge on any atom is -0.493 e. The van der Waals surface area contributed by atoms with Crippen LogP contribution in [-0.4, -0.2) is 83.7 Å². The maximum absolute atomic E-state index is 13.2. The lowest BCUT2D eigenvalue weighted by Crippen LogP contribution is -2.38. The Kier molecular flexibility index (Phi) is 11.9. The number of carbonyl (C=O) groups is 3. The van der Waals surface area contributed by atoms with E-state index < -0.39 is 14.1 Å². The summed E-state index contributed by atoms with van der Waals surface area (Å²) >= 11 is 0. The molecular formula is C35H48N2O8Si. The molecule has 0 spiro atoms. The van der Waals surface area contributed by atoms with Gasteiger partial charge in [-0.2, -0.15) is 0 Å². The first-order valence-electron chi connectivity index (χ1n) is 16.0. The topological polar surface area (TPSA) is 127 Å². The second-order valence-electron chi connectivity index (χ2n) is 13.2. The zero-order valence-corrected chi connectivity index (χ0v) is 28.9.